The smallest absolute Gasteiger partial charge is 0.141 e. The number of hydrogen-bond acceptors (Lipinski definition) is 2. The molecule has 0 amide bonds. The van der Waals surface area contributed by atoms with Gasteiger partial charge in [0.25, 0.3) is 0 Å². The van der Waals surface area contributed by atoms with Gasteiger partial charge in [-0.15, -0.1) is 0 Å². The first kappa shape index (κ1) is 15.3. The molecule has 0 bridgehead atoms. The topological polar surface area (TPSA) is 12.5 Å². The summed E-state index contributed by atoms with van der Waals surface area (Å²) >= 11 is 5.88. The van der Waals surface area contributed by atoms with Crippen molar-refractivity contribution in [2.75, 3.05) is 20.2 Å². The molecular weight excluding hydrogens is 289 g/mol. The van der Waals surface area contributed by atoms with E-state index in [1.54, 1.807) is 6.07 Å². The molecule has 116 valence electrons. The summed E-state index contributed by atoms with van der Waals surface area (Å²) in [4.78, 5) is 2.48. The zero-order chi connectivity index (χ0) is 14.9. The van der Waals surface area contributed by atoms with Gasteiger partial charge in [0.05, 0.1) is 11.1 Å². The van der Waals surface area contributed by atoms with Gasteiger partial charge in [-0.2, -0.15) is 0 Å². The van der Waals surface area contributed by atoms with Gasteiger partial charge >= 0.3 is 0 Å². The number of nitrogens with zero attached hydrogens (tertiary/aromatic N) is 1. The predicted molar refractivity (Wildman–Crippen MR) is 83.0 cm³/mol. The Morgan fingerprint density at radius 2 is 2.19 bits per heavy atom. The largest absolute Gasteiger partial charge is 0.381 e. The van der Waals surface area contributed by atoms with Crippen molar-refractivity contribution in [3.8, 4) is 0 Å². The van der Waals surface area contributed by atoms with Crippen LogP contribution >= 0.6 is 11.6 Å². The van der Waals surface area contributed by atoms with Gasteiger partial charge in [0, 0.05) is 25.6 Å². The van der Waals surface area contributed by atoms with Crippen molar-refractivity contribution in [3.63, 3.8) is 0 Å². The SMILES string of the molecule is CO[C@@H]1CCC[C@]12CCCN(Cc1ccc(F)c(Cl)c1)C2. The molecule has 1 spiro atoms. The van der Waals surface area contributed by atoms with E-state index in [0.717, 1.165) is 25.2 Å². The van der Waals surface area contributed by atoms with Crippen LogP contribution in [0.15, 0.2) is 18.2 Å². The van der Waals surface area contributed by atoms with Crippen LogP contribution in [0.5, 0.6) is 0 Å². The third kappa shape index (κ3) is 3.10. The standard InChI is InChI=1S/C17H23ClFNO/c1-21-16-4-2-7-17(16)8-3-9-20(12-17)11-13-5-6-15(19)14(18)10-13/h5-6,10,16H,2-4,7-9,11-12H2,1H3/t16-,17-/m1/s1. The quantitative estimate of drug-likeness (QED) is 0.827. The van der Waals surface area contributed by atoms with Crippen LogP contribution in [0.3, 0.4) is 0 Å². The number of halogens is 2. The maximum atomic E-state index is 13.3. The van der Waals surface area contributed by atoms with E-state index < -0.39 is 0 Å². The summed E-state index contributed by atoms with van der Waals surface area (Å²) in [6, 6.07) is 5.05. The molecule has 3 rings (SSSR count). The second-order valence-electron chi connectivity index (χ2n) is 6.54. The third-order valence-electron chi connectivity index (χ3n) is 5.19. The van der Waals surface area contributed by atoms with Crippen LogP contribution in [0.2, 0.25) is 5.02 Å². The van der Waals surface area contributed by atoms with Crippen molar-refractivity contribution in [3.05, 3.63) is 34.6 Å². The summed E-state index contributed by atoms with van der Waals surface area (Å²) in [5.41, 5.74) is 1.42. The Bertz CT molecular complexity index is 510. The van der Waals surface area contributed by atoms with Crippen molar-refractivity contribution in [1.29, 1.82) is 0 Å². The highest BCUT2D eigenvalue weighted by molar-refractivity contribution is 6.30. The summed E-state index contributed by atoms with van der Waals surface area (Å²) in [5.74, 6) is -0.342. The van der Waals surface area contributed by atoms with Crippen LogP contribution in [-0.2, 0) is 11.3 Å². The molecule has 2 fully saturated rings. The van der Waals surface area contributed by atoms with Crippen LogP contribution < -0.4 is 0 Å². The van der Waals surface area contributed by atoms with Crippen LogP contribution in [0.25, 0.3) is 0 Å². The van der Waals surface area contributed by atoms with Crippen molar-refractivity contribution < 1.29 is 9.13 Å². The molecule has 0 aromatic heterocycles. The van der Waals surface area contributed by atoms with E-state index in [2.05, 4.69) is 4.90 Å². The lowest BCUT2D eigenvalue weighted by Crippen LogP contribution is -2.47. The second kappa shape index (κ2) is 6.23. The van der Waals surface area contributed by atoms with E-state index in [0.29, 0.717) is 11.5 Å². The number of piperidine rings is 1. The van der Waals surface area contributed by atoms with E-state index in [4.69, 9.17) is 16.3 Å². The summed E-state index contributed by atoms with van der Waals surface area (Å²) in [5, 5.41) is 0.217. The van der Waals surface area contributed by atoms with Gasteiger partial charge in [-0.25, -0.2) is 4.39 Å². The second-order valence-corrected chi connectivity index (χ2v) is 6.95. The molecule has 1 heterocycles. The summed E-state index contributed by atoms with van der Waals surface area (Å²) in [6.07, 6.45) is 6.62. The summed E-state index contributed by atoms with van der Waals surface area (Å²) < 4.78 is 19.0. The van der Waals surface area contributed by atoms with Gasteiger partial charge in [0.15, 0.2) is 0 Å². The summed E-state index contributed by atoms with van der Waals surface area (Å²) in [6.45, 7) is 3.03. The lowest BCUT2D eigenvalue weighted by molar-refractivity contribution is -0.0366. The molecule has 0 unspecified atom stereocenters. The fourth-order valence-corrected chi connectivity index (χ4v) is 4.43. The molecule has 1 saturated heterocycles. The van der Waals surface area contributed by atoms with Crippen LogP contribution in [-0.4, -0.2) is 31.2 Å². The first-order chi connectivity index (χ1) is 10.1. The number of methoxy groups -OCH3 is 1. The van der Waals surface area contributed by atoms with Gasteiger partial charge in [-0.05, 0) is 49.9 Å². The fraction of sp³-hybridized carbons (Fsp3) is 0.647. The maximum Gasteiger partial charge on any atom is 0.141 e. The highest BCUT2D eigenvalue weighted by Crippen LogP contribution is 2.46. The zero-order valence-electron chi connectivity index (χ0n) is 12.6. The van der Waals surface area contributed by atoms with Crippen molar-refractivity contribution in [1.82, 2.24) is 4.90 Å². The molecule has 2 aliphatic rings. The number of benzene rings is 1. The Hall–Kier alpha value is -0.640. The average Bonchev–Trinajstić information content (AvgIpc) is 2.85. The highest BCUT2D eigenvalue weighted by Gasteiger charge is 2.45. The van der Waals surface area contributed by atoms with E-state index in [1.807, 2.05) is 13.2 Å². The van der Waals surface area contributed by atoms with Crippen molar-refractivity contribution in [2.45, 2.75) is 44.8 Å². The Morgan fingerprint density at radius 1 is 1.38 bits per heavy atom. The normalized spacial score (nSPS) is 30.1. The molecule has 1 aliphatic carbocycles. The van der Waals surface area contributed by atoms with Crippen LogP contribution in [0.1, 0.15) is 37.7 Å². The first-order valence-corrected chi connectivity index (χ1v) is 8.20. The van der Waals surface area contributed by atoms with E-state index in [1.165, 1.54) is 38.2 Å². The van der Waals surface area contributed by atoms with Gasteiger partial charge in [0.1, 0.15) is 5.82 Å². The lowest BCUT2D eigenvalue weighted by Gasteiger charge is -2.43. The molecule has 0 radical (unpaired) electrons. The van der Waals surface area contributed by atoms with Gasteiger partial charge < -0.3 is 4.74 Å². The van der Waals surface area contributed by atoms with Crippen LogP contribution in [0.4, 0.5) is 4.39 Å². The Morgan fingerprint density at radius 3 is 2.95 bits per heavy atom. The molecule has 1 saturated carbocycles. The average molecular weight is 312 g/mol. The van der Waals surface area contributed by atoms with Gasteiger partial charge in [-0.3, -0.25) is 4.90 Å². The number of likely N-dealkylation sites (tertiary alicyclic amines) is 1. The predicted octanol–water partition coefficient (Wildman–Crippen LogP) is 4.26. The third-order valence-corrected chi connectivity index (χ3v) is 5.48. The monoisotopic (exact) mass is 311 g/mol. The van der Waals surface area contributed by atoms with Crippen molar-refractivity contribution >= 4 is 11.6 Å². The molecular formula is C17H23ClFNO. The molecule has 2 nitrogen and oxygen atoms in total. The Balaban J connectivity index is 1.70. The number of rotatable bonds is 3. The molecule has 4 heteroatoms. The van der Waals surface area contributed by atoms with Crippen LogP contribution in [0, 0.1) is 11.2 Å². The minimum atomic E-state index is -0.342. The molecule has 0 N–H and O–H groups in total. The van der Waals surface area contributed by atoms with E-state index in [-0.39, 0.29) is 10.8 Å². The Labute approximate surface area is 131 Å². The minimum Gasteiger partial charge on any atom is -0.381 e. The molecule has 1 aromatic carbocycles. The highest BCUT2D eigenvalue weighted by atomic mass is 35.5. The fourth-order valence-electron chi connectivity index (χ4n) is 4.23. The van der Waals surface area contributed by atoms with E-state index in [9.17, 15) is 4.39 Å². The minimum absolute atomic E-state index is 0.217. The Kier molecular flexibility index (Phi) is 4.53. The number of ether oxygens (including phenoxy) is 1. The summed E-state index contributed by atoms with van der Waals surface area (Å²) in [7, 11) is 1.84. The van der Waals surface area contributed by atoms with Gasteiger partial charge in [-0.1, -0.05) is 24.1 Å². The first-order valence-electron chi connectivity index (χ1n) is 7.82. The molecule has 1 aromatic rings. The molecule has 1 aliphatic heterocycles. The maximum absolute atomic E-state index is 13.3. The molecule has 2 atom stereocenters. The van der Waals surface area contributed by atoms with E-state index >= 15 is 0 Å². The zero-order valence-corrected chi connectivity index (χ0v) is 13.3. The van der Waals surface area contributed by atoms with Crippen molar-refractivity contribution in [2.24, 2.45) is 5.41 Å². The molecule has 21 heavy (non-hydrogen) atoms. The van der Waals surface area contributed by atoms with Gasteiger partial charge in [0.2, 0.25) is 0 Å². The number of hydrogen-bond donors (Lipinski definition) is 0. The lowest BCUT2D eigenvalue weighted by atomic mass is 9.76.